The van der Waals surface area contributed by atoms with Gasteiger partial charge in [-0.2, -0.15) is 5.10 Å². The lowest BCUT2D eigenvalue weighted by Gasteiger charge is -2.72. The molecule has 2 aliphatic heterocycles. The fourth-order valence-electron chi connectivity index (χ4n) is 12.8. The third-order valence-electron chi connectivity index (χ3n) is 14.0. The number of carboxylic acid groups (broad SMARTS) is 1. The molecule has 4 aromatic heterocycles. The van der Waals surface area contributed by atoms with Crippen LogP contribution in [-0.4, -0.2) is 96.1 Å². The summed E-state index contributed by atoms with van der Waals surface area (Å²) in [6, 6.07) is 11.9. The molecular formula is C43H52N10O2S. The Balaban J connectivity index is 0.931. The van der Waals surface area contributed by atoms with Crippen molar-refractivity contribution < 1.29 is 9.90 Å². The van der Waals surface area contributed by atoms with Gasteiger partial charge in [-0.15, -0.1) is 10.2 Å². The highest BCUT2D eigenvalue weighted by Crippen LogP contribution is 2.72. The van der Waals surface area contributed by atoms with Gasteiger partial charge in [0, 0.05) is 72.8 Å². The van der Waals surface area contributed by atoms with Gasteiger partial charge in [-0.25, -0.2) is 14.8 Å². The highest BCUT2D eigenvalue weighted by Gasteiger charge is 2.67. The molecule has 6 aliphatic rings. The second-order valence-electron chi connectivity index (χ2n) is 18.7. The van der Waals surface area contributed by atoms with Gasteiger partial charge in [0.1, 0.15) is 5.82 Å². The van der Waals surface area contributed by atoms with Crippen LogP contribution in [0.3, 0.4) is 0 Å². The minimum atomic E-state index is -1.06. The molecule has 13 heteroatoms. The van der Waals surface area contributed by atoms with Crippen molar-refractivity contribution in [2.24, 2.45) is 16.2 Å². The predicted molar refractivity (Wildman–Crippen MR) is 220 cm³/mol. The Hall–Kier alpha value is -4.46. The van der Waals surface area contributed by atoms with Crippen LogP contribution in [0.5, 0.6) is 0 Å². The molecule has 11 rings (SSSR count). The summed E-state index contributed by atoms with van der Waals surface area (Å²) in [6.07, 6.45) is 11.2. The number of carbonyl (C=O) groups is 1. The largest absolute Gasteiger partial charge is 0.476 e. The molecule has 1 saturated heterocycles. The lowest BCUT2D eigenvalue weighted by Crippen LogP contribution is -2.70. The molecule has 2 atom stereocenters. The quantitative estimate of drug-likeness (QED) is 0.160. The highest BCUT2D eigenvalue weighted by molar-refractivity contribution is 7.22. The summed E-state index contributed by atoms with van der Waals surface area (Å²) >= 11 is 1.59. The zero-order chi connectivity index (χ0) is 38.6. The van der Waals surface area contributed by atoms with E-state index >= 15 is 0 Å². The number of aromatic nitrogens is 6. The van der Waals surface area contributed by atoms with Crippen molar-refractivity contribution in [2.45, 2.75) is 91.1 Å². The van der Waals surface area contributed by atoms with E-state index in [1.54, 1.807) is 11.3 Å². The summed E-state index contributed by atoms with van der Waals surface area (Å²) in [7, 11) is 2.25. The van der Waals surface area contributed by atoms with Gasteiger partial charge >= 0.3 is 5.97 Å². The van der Waals surface area contributed by atoms with Crippen LogP contribution < -0.4 is 10.2 Å². The minimum absolute atomic E-state index is 0.0277. The van der Waals surface area contributed by atoms with Crippen molar-refractivity contribution >= 4 is 50.1 Å². The average Bonchev–Trinajstić information content (AvgIpc) is 3.72. The monoisotopic (exact) mass is 772 g/mol. The molecule has 1 aromatic carbocycles. The molecule has 56 heavy (non-hydrogen) atoms. The number of aromatic carboxylic acids is 1. The van der Waals surface area contributed by atoms with Gasteiger partial charge in [0.25, 0.3) is 0 Å². The fraction of sp³-hybridized carbons (Fsp3) is 0.535. The van der Waals surface area contributed by atoms with E-state index in [0.717, 1.165) is 89.1 Å². The maximum absolute atomic E-state index is 12.9. The Labute approximate surface area is 332 Å². The molecular weight excluding hydrogens is 721 g/mol. The Morgan fingerprint density at radius 3 is 2.41 bits per heavy atom. The second-order valence-corrected chi connectivity index (χ2v) is 19.7. The summed E-state index contributed by atoms with van der Waals surface area (Å²) in [5.74, 6) is 0.899. The minimum Gasteiger partial charge on any atom is -0.476 e. The Kier molecular flexibility index (Phi) is 8.19. The number of nitrogens with one attached hydrogen (secondary N) is 1. The van der Waals surface area contributed by atoms with E-state index < -0.39 is 5.97 Å². The predicted octanol–water partition coefficient (Wildman–Crippen LogP) is 7.85. The Morgan fingerprint density at radius 2 is 1.66 bits per heavy atom. The first kappa shape index (κ1) is 35.9. The molecule has 0 amide bonds. The summed E-state index contributed by atoms with van der Waals surface area (Å²) in [5, 5.41) is 29.0. The van der Waals surface area contributed by atoms with Gasteiger partial charge in [-0.3, -0.25) is 9.58 Å². The molecule has 5 aromatic rings. The number of carboxylic acids is 1. The van der Waals surface area contributed by atoms with E-state index in [9.17, 15) is 9.90 Å². The number of hydrogen-bond donors (Lipinski definition) is 2. The van der Waals surface area contributed by atoms with Crippen LogP contribution in [-0.2, 0) is 13.0 Å². The molecule has 12 nitrogen and oxygen atoms in total. The lowest BCUT2D eigenvalue weighted by molar-refractivity contribution is -0.209. The van der Waals surface area contributed by atoms with E-state index in [2.05, 4.69) is 70.8 Å². The van der Waals surface area contributed by atoms with Crippen molar-refractivity contribution in [3.8, 4) is 11.1 Å². The third kappa shape index (κ3) is 5.91. The maximum atomic E-state index is 12.9. The van der Waals surface area contributed by atoms with Crippen LogP contribution in [0, 0.1) is 30.1 Å². The summed E-state index contributed by atoms with van der Waals surface area (Å²) in [5.41, 5.74) is 6.57. The molecule has 4 saturated carbocycles. The SMILES string of the molecule is Cc1c(Nc2nc3ccccc3s2)nnc2c1CCCN2c1ccc(-c2cnn(CC34CC5(C)CC(C)(C3)CC(N3CCN(C)CC3)(C5)C4)c2C)c(C(=O)O)n1. The first-order chi connectivity index (χ1) is 26.8. The zero-order valence-corrected chi connectivity index (χ0v) is 34.0. The van der Waals surface area contributed by atoms with Crippen molar-refractivity contribution in [2.75, 3.05) is 50.0 Å². The molecule has 6 heterocycles. The number of benzene rings is 1. The molecule has 2 unspecified atom stereocenters. The topological polar surface area (TPSA) is 128 Å². The van der Waals surface area contributed by atoms with E-state index in [1.807, 2.05) is 41.4 Å². The normalized spacial score (nSPS) is 28.9. The van der Waals surface area contributed by atoms with E-state index in [1.165, 1.54) is 38.5 Å². The van der Waals surface area contributed by atoms with Crippen molar-refractivity contribution in [1.29, 1.82) is 0 Å². The molecule has 4 bridgehead atoms. The van der Waals surface area contributed by atoms with Crippen molar-refractivity contribution in [3.05, 3.63) is 65.1 Å². The van der Waals surface area contributed by atoms with Crippen LogP contribution in [0.15, 0.2) is 42.6 Å². The number of pyridine rings is 1. The number of para-hydroxylation sites is 1. The molecule has 5 fully saturated rings. The number of likely N-dealkylation sites (N-methyl/N-ethyl adjacent to an activating group) is 1. The first-order valence-corrected chi connectivity index (χ1v) is 21.1. The van der Waals surface area contributed by atoms with Gasteiger partial charge in [0.2, 0.25) is 0 Å². The maximum Gasteiger partial charge on any atom is 0.355 e. The third-order valence-corrected chi connectivity index (χ3v) is 14.9. The van der Waals surface area contributed by atoms with Crippen LogP contribution in [0.4, 0.5) is 22.6 Å². The fourth-order valence-corrected chi connectivity index (χ4v) is 13.6. The number of fused-ring (bicyclic) bond motifs is 2. The van der Waals surface area contributed by atoms with Gasteiger partial charge in [0.05, 0.1) is 16.4 Å². The number of thiazole rings is 1. The number of hydrogen-bond acceptors (Lipinski definition) is 11. The van der Waals surface area contributed by atoms with Crippen LogP contribution in [0.1, 0.15) is 86.1 Å². The van der Waals surface area contributed by atoms with E-state index in [0.29, 0.717) is 34.6 Å². The summed E-state index contributed by atoms with van der Waals surface area (Å²) in [4.78, 5) is 29.8. The van der Waals surface area contributed by atoms with Crippen LogP contribution in [0.25, 0.3) is 21.3 Å². The molecule has 0 radical (unpaired) electrons. The smallest absolute Gasteiger partial charge is 0.355 e. The van der Waals surface area contributed by atoms with Gasteiger partial charge in [-0.1, -0.05) is 37.3 Å². The lowest BCUT2D eigenvalue weighted by atomic mass is 9.38. The molecule has 292 valence electrons. The Morgan fingerprint density at radius 1 is 0.893 bits per heavy atom. The van der Waals surface area contributed by atoms with Crippen molar-refractivity contribution in [1.82, 2.24) is 39.7 Å². The first-order valence-electron chi connectivity index (χ1n) is 20.3. The standard InChI is InChI=1S/C43H52N10O2S/c1-27-29-9-8-14-52(37(29)49-48-36(27)47-39-45-32-10-6-7-11-33(32)56-39)34-13-12-30(35(46-34)38(54)55)31-19-44-53(28(31)2)26-42-21-40(3)20-41(4,22-42)24-43(23-40,25-42)51-17-15-50(5)16-18-51/h6-7,10-13,19H,8-9,14-18,20-26H2,1-5H3,(H,54,55)(H,45,47,48). The second kappa shape index (κ2) is 12.8. The van der Waals surface area contributed by atoms with E-state index in [4.69, 9.17) is 15.1 Å². The van der Waals surface area contributed by atoms with Crippen LogP contribution >= 0.6 is 11.3 Å². The molecule has 0 spiro atoms. The van der Waals surface area contributed by atoms with E-state index in [-0.39, 0.29) is 16.6 Å². The zero-order valence-electron chi connectivity index (χ0n) is 33.2. The van der Waals surface area contributed by atoms with Gasteiger partial charge < -0.3 is 20.2 Å². The number of nitrogens with zero attached hydrogens (tertiary/aromatic N) is 9. The van der Waals surface area contributed by atoms with Gasteiger partial charge in [-0.05, 0) is 113 Å². The average molecular weight is 773 g/mol. The number of anilines is 4. The number of rotatable bonds is 8. The van der Waals surface area contributed by atoms with Crippen LogP contribution in [0.2, 0.25) is 0 Å². The Bertz CT molecular complexity index is 2330. The molecule has 2 N–H and O–H groups in total. The molecule has 4 aliphatic carbocycles. The van der Waals surface area contributed by atoms with Crippen molar-refractivity contribution in [3.63, 3.8) is 0 Å². The van der Waals surface area contributed by atoms with Gasteiger partial charge in [0.15, 0.2) is 22.5 Å². The highest BCUT2D eigenvalue weighted by atomic mass is 32.1. The summed E-state index contributed by atoms with van der Waals surface area (Å²) in [6.45, 7) is 15.4. The number of piperazine rings is 1. The summed E-state index contributed by atoms with van der Waals surface area (Å²) < 4.78 is 3.29.